The SMILES string of the molecule is CN(C)c1ccc(C2c3ccc(N(C)C)cc3-c3cc(N(C)C)ccc32)cc1. The van der Waals surface area contributed by atoms with Crippen LogP contribution in [0, 0.1) is 0 Å². The molecule has 4 rings (SSSR count). The van der Waals surface area contributed by atoms with Crippen LogP contribution in [0.3, 0.4) is 0 Å². The molecule has 0 radical (unpaired) electrons. The van der Waals surface area contributed by atoms with Crippen LogP contribution >= 0.6 is 0 Å². The second-order valence-corrected chi connectivity index (χ2v) is 8.25. The summed E-state index contributed by atoms with van der Waals surface area (Å²) < 4.78 is 0. The number of hydrogen-bond acceptors (Lipinski definition) is 3. The highest BCUT2D eigenvalue weighted by Gasteiger charge is 2.30. The normalized spacial score (nSPS) is 12.5. The average molecular weight is 372 g/mol. The smallest absolute Gasteiger partial charge is 0.0367 e. The highest BCUT2D eigenvalue weighted by molar-refractivity contribution is 5.85. The maximum absolute atomic E-state index is 2.34. The summed E-state index contributed by atoms with van der Waals surface area (Å²) in [6.07, 6.45) is 0. The number of fused-ring (bicyclic) bond motifs is 3. The standard InChI is InChI=1S/C25H29N3/c1-26(2)18-9-7-17(8-10-18)25-21-13-11-19(27(3)4)15-23(21)24-16-20(28(5)6)12-14-22(24)25/h7-16,25H,1-6H3. The Balaban J connectivity index is 1.89. The van der Waals surface area contributed by atoms with Gasteiger partial charge < -0.3 is 14.7 Å². The number of hydrogen-bond donors (Lipinski definition) is 0. The minimum atomic E-state index is 0.286. The molecule has 0 bridgehead atoms. The molecule has 0 aliphatic heterocycles. The Morgan fingerprint density at radius 1 is 0.500 bits per heavy atom. The monoisotopic (exact) mass is 371 g/mol. The summed E-state index contributed by atoms with van der Waals surface area (Å²) in [4.78, 5) is 6.50. The topological polar surface area (TPSA) is 9.72 Å². The van der Waals surface area contributed by atoms with Crippen LogP contribution in [-0.4, -0.2) is 42.3 Å². The molecule has 1 aliphatic rings. The fraction of sp³-hybridized carbons (Fsp3) is 0.280. The first-order valence-electron chi connectivity index (χ1n) is 9.77. The van der Waals surface area contributed by atoms with Gasteiger partial charge in [-0.25, -0.2) is 0 Å². The van der Waals surface area contributed by atoms with Crippen LogP contribution in [0.1, 0.15) is 22.6 Å². The number of anilines is 3. The summed E-state index contributed by atoms with van der Waals surface area (Å²) in [6.45, 7) is 0. The van der Waals surface area contributed by atoms with Crippen molar-refractivity contribution in [1.29, 1.82) is 0 Å². The zero-order valence-corrected chi connectivity index (χ0v) is 17.7. The van der Waals surface area contributed by atoms with Crippen LogP contribution in [0.15, 0.2) is 60.7 Å². The van der Waals surface area contributed by atoms with Gasteiger partial charge >= 0.3 is 0 Å². The second kappa shape index (κ2) is 6.90. The van der Waals surface area contributed by atoms with Gasteiger partial charge in [0.1, 0.15) is 0 Å². The Morgan fingerprint density at radius 3 is 1.29 bits per heavy atom. The van der Waals surface area contributed by atoms with Gasteiger partial charge in [-0.3, -0.25) is 0 Å². The molecule has 0 saturated carbocycles. The van der Waals surface area contributed by atoms with Crippen LogP contribution in [-0.2, 0) is 0 Å². The van der Waals surface area contributed by atoms with E-state index in [2.05, 4.69) is 118 Å². The molecule has 0 aromatic heterocycles. The number of rotatable bonds is 4. The first kappa shape index (κ1) is 18.4. The van der Waals surface area contributed by atoms with Crippen molar-refractivity contribution in [2.24, 2.45) is 0 Å². The maximum atomic E-state index is 2.34. The zero-order valence-electron chi connectivity index (χ0n) is 17.7. The highest BCUT2D eigenvalue weighted by atomic mass is 15.1. The minimum absolute atomic E-state index is 0.286. The maximum Gasteiger partial charge on any atom is 0.0367 e. The largest absolute Gasteiger partial charge is 0.378 e. The lowest BCUT2D eigenvalue weighted by atomic mass is 9.89. The lowest BCUT2D eigenvalue weighted by Crippen LogP contribution is -2.09. The molecule has 1 aliphatic carbocycles. The molecule has 0 fully saturated rings. The second-order valence-electron chi connectivity index (χ2n) is 8.25. The molecule has 3 aromatic carbocycles. The van der Waals surface area contributed by atoms with Crippen molar-refractivity contribution in [3.63, 3.8) is 0 Å². The lowest BCUT2D eigenvalue weighted by molar-refractivity contribution is 1.01. The summed E-state index contributed by atoms with van der Waals surface area (Å²) in [7, 11) is 12.6. The molecule has 0 N–H and O–H groups in total. The van der Waals surface area contributed by atoms with E-state index in [0.717, 1.165) is 0 Å². The van der Waals surface area contributed by atoms with E-state index in [4.69, 9.17) is 0 Å². The van der Waals surface area contributed by atoms with E-state index < -0.39 is 0 Å². The average Bonchev–Trinajstić information content (AvgIpc) is 3.00. The Kier molecular flexibility index (Phi) is 4.54. The van der Waals surface area contributed by atoms with Gasteiger partial charge in [0, 0.05) is 65.3 Å². The van der Waals surface area contributed by atoms with Gasteiger partial charge in [0.2, 0.25) is 0 Å². The Morgan fingerprint density at radius 2 is 0.893 bits per heavy atom. The van der Waals surface area contributed by atoms with E-state index in [1.54, 1.807) is 0 Å². The molecule has 0 atom stereocenters. The van der Waals surface area contributed by atoms with Crippen molar-refractivity contribution in [2.75, 3.05) is 57.0 Å². The molecular weight excluding hydrogens is 342 g/mol. The van der Waals surface area contributed by atoms with E-state index in [-0.39, 0.29) is 5.92 Å². The summed E-state index contributed by atoms with van der Waals surface area (Å²) in [5.74, 6) is 0.286. The van der Waals surface area contributed by atoms with Gasteiger partial charge in [-0.1, -0.05) is 24.3 Å². The summed E-state index contributed by atoms with van der Waals surface area (Å²) in [6, 6.07) is 22.7. The van der Waals surface area contributed by atoms with Gasteiger partial charge in [0.25, 0.3) is 0 Å². The van der Waals surface area contributed by atoms with Gasteiger partial charge in [0.05, 0.1) is 0 Å². The van der Waals surface area contributed by atoms with Crippen LogP contribution in [0.25, 0.3) is 11.1 Å². The quantitative estimate of drug-likeness (QED) is 0.497. The predicted octanol–water partition coefficient (Wildman–Crippen LogP) is 5.05. The Hall–Kier alpha value is -2.94. The van der Waals surface area contributed by atoms with Crippen LogP contribution in [0.2, 0.25) is 0 Å². The summed E-state index contributed by atoms with van der Waals surface area (Å²) in [5, 5.41) is 0. The highest BCUT2D eigenvalue weighted by Crippen LogP contribution is 2.50. The van der Waals surface area contributed by atoms with E-state index in [1.807, 2.05) is 0 Å². The first-order valence-corrected chi connectivity index (χ1v) is 9.77. The van der Waals surface area contributed by atoms with E-state index in [0.29, 0.717) is 0 Å². The van der Waals surface area contributed by atoms with E-state index in [1.165, 1.54) is 44.9 Å². The van der Waals surface area contributed by atoms with Gasteiger partial charge in [0.15, 0.2) is 0 Å². The van der Waals surface area contributed by atoms with Crippen molar-refractivity contribution in [1.82, 2.24) is 0 Å². The van der Waals surface area contributed by atoms with Crippen LogP contribution in [0.4, 0.5) is 17.1 Å². The van der Waals surface area contributed by atoms with Crippen molar-refractivity contribution in [3.8, 4) is 11.1 Å². The minimum Gasteiger partial charge on any atom is -0.378 e. The molecule has 3 heteroatoms. The van der Waals surface area contributed by atoms with E-state index in [9.17, 15) is 0 Å². The zero-order chi connectivity index (χ0) is 20.0. The van der Waals surface area contributed by atoms with Gasteiger partial charge in [-0.05, 0) is 64.2 Å². The molecule has 0 unspecified atom stereocenters. The fourth-order valence-electron chi connectivity index (χ4n) is 4.11. The number of nitrogens with zero attached hydrogens (tertiary/aromatic N) is 3. The molecule has 0 amide bonds. The van der Waals surface area contributed by atoms with Gasteiger partial charge in [-0.2, -0.15) is 0 Å². The third-order valence-corrected chi connectivity index (χ3v) is 5.76. The Bertz CT molecular complexity index is 943. The summed E-state index contributed by atoms with van der Waals surface area (Å²) >= 11 is 0. The molecule has 0 saturated heterocycles. The molecule has 3 aromatic rings. The van der Waals surface area contributed by atoms with Crippen LogP contribution < -0.4 is 14.7 Å². The van der Waals surface area contributed by atoms with E-state index >= 15 is 0 Å². The third kappa shape index (κ3) is 3.01. The van der Waals surface area contributed by atoms with Crippen molar-refractivity contribution >= 4 is 17.1 Å². The first-order chi connectivity index (χ1) is 13.4. The molecule has 0 heterocycles. The van der Waals surface area contributed by atoms with Gasteiger partial charge in [-0.15, -0.1) is 0 Å². The molecule has 3 nitrogen and oxygen atoms in total. The van der Waals surface area contributed by atoms with Crippen LogP contribution in [0.5, 0.6) is 0 Å². The Labute approximate surface area is 168 Å². The summed E-state index contributed by atoms with van der Waals surface area (Å²) in [5.41, 5.74) is 10.6. The molecular formula is C25H29N3. The number of benzene rings is 3. The predicted molar refractivity (Wildman–Crippen MR) is 122 cm³/mol. The molecule has 144 valence electrons. The van der Waals surface area contributed by atoms with Crippen molar-refractivity contribution < 1.29 is 0 Å². The van der Waals surface area contributed by atoms with Crippen molar-refractivity contribution in [2.45, 2.75) is 5.92 Å². The van der Waals surface area contributed by atoms with Crippen molar-refractivity contribution in [3.05, 3.63) is 77.4 Å². The fourth-order valence-corrected chi connectivity index (χ4v) is 4.11. The molecule has 0 spiro atoms. The molecule has 28 heavy (non-hydrogen) atoms. The lowest BCUT2D eigenvalue weighted by Gasteiger charge is -2.19. The third-order valence-electron chi connectivity index (χ3n) is 5.76.